The number of hydrogen-bond donors (Lipinski definition) is 2. The highest BCUT2D eigenvalue weighted by Crippen LogP contribution is 2.24. The van der Waals surface area contributed by atoms with Crippen LogP contribution in [0.3, 0.4) is 0 Å². The molecule has 2 amide bonds. The number of nitrogens with zero attached hydrogens (tertiary/aromatic N) is 2. The monoisotopic (exact) mass is 353 g/mol. The summed E-state index contributed by atoms with van der Waals surface area (Å²) in [6.07, 6.45) is 0. The number of carbonyl (C=O) groups is 2. The number of β-amino-alcohol motifs (C(OH)–C–C–N with tert-alkyl or cyclic N) is 1. The van der Waals surface area contributed by atoms with Crippen molar-refractivity contribution in [3.63, 3.8) is 0 Å². The second kappa shape index (κ2) is 6.88. The molecule has 1 aliphatic rings. The molecule has 6 heteroatoms. The first-order valence-electron chi connectivity index (χ1n) is 8.58. The number of rotatable bonds is 5. The van der Waals surface area contributed by atoms with E-state index in [1.807, 2.05) is 44.2 Å². The normalized spacial score (nSPS) is 15.5. The second-order valence-electron chi connectivity index (χ2n) is 7.03. The van der Waals surface area contributed by atoms with E-state index in [1.165, 1.54) is 11.8 Å². The van der Waals surface area contributed by atoms with E-state index in [1.54, 1.807) is 6.07 Å². The summed E-state index contributed by atoms with van der Waals surface area (Å²) in [5.74, 6) is -0.664. The van der Waals surface area contributed by atoms with Crippen molar-refractivity contribution in [3.05, 3.63) is 64.5 Å². The first-order chi connectivity index (χ1) is 12.3. The minimum absolute atomic E-state index is 0.0548. The summed E-state index contributed by atoms with van der Waals surface area (Å²) >= 11 is 0. The molecule has 0 aliphatic carbocycles. The maximum absolute atomic E-state index is 12.5. The molecular formula is C20H23N3O3. The molecule has 2 heterocycles. The van der Waals surface area contributed by atoms with Crippen molar-refractivity contribution in [2.75, 3.05) is 6.54 Å². The number of benzene rings is 1. The lowest BCUT2D eigenvalue weighted by molar-refractivity contribution is -0.139. The summed E-state index contributed by atoms with van der Waals surface area (Å²) in [4.78, 5) is 30.7. The van der Waals surface area contributed by atoms with Crippen LogP contribution < -0.4 is 5.32 Å². The number of aryl methyl sites for hydroxylation is 2. The molecule has 2 N–H and O–H groups in total. The number of fused-ring (bicyclic) bond motifs is 1. The Morgan fingerprint density at radius 3 is 2.58 bits per heavy atom. The Morgan fingerprint density at radius 1 is 1.27 bits per heavy atom. The fraction of sp³-hybridized carbons (Fsp3) is 0.350. The summed E-state index contributed by atoms with van der Waals surface area (Å²) in [6, 6.07) is 11.1. The van der Waals surface area contributed by atoms with Crippen LogP contribution in [0.1, 0.15) is 39.8 Å². The molecule has 2 aromatic rings. The summed E-state index contributed by atoms with van der Waals surface area (Å²) < 4.78 is 0. The molecule has 0 saturated carbocycles. The van der Waals surface area contributed by atoms with E-state index in [0.29, 0.717) is 18.7 Å². The van der Waals surface area contributed by atoms with Crippen LogP contribution in [0, 0.1) is 13.8 Å². The van der Waals surface area contributed by atoms with Crippen molar-refractivity contribution in [1.82, 2.24) is 15.2 Å². The Hall–Kier alpha value is -2.73. The number of nitrogens with one attached hydrogen (secondary N) is 1. The van der Waals surface area contributed by atoms with Gasteiger partial charge in [0.2, 0.25) is 0 Å². The molecule has 136 valence electrons. The van der Waals surface area contributed by atoms with Crippen LogP contribution in [0.15, 0.2) is 36.4 Å². The zero-order chi connectivity index (χ0) is 18.9. The van der Waals surface area contributed by atoms with Gasteiger partial charge in [-0.3, -0.25) is 14.6 Å². The molecule has 1 atom stereocenters. The quantitative estimate of drug-likeness (QED) is 0.857. The number of aromatic nitrogens is 1. The molecule has 1 aromatic heterocycles. The maximum atomic E-state index is 12.5. The standard InChI is InChI=1S/C20H23N3O3/c1-13-8-15(9-14(2)22-13)10-21-19(25)20(3,26)12-23-11-16-6-4-5-7-17(16)18(23)24/h4-9,26H,10-12H2,1-3H3,(H,21,25). The smallest absolute Gasteiger partial charge is 0.254 e. The van der Waals surface area contributed by atoms with E-state index >= 15 is 0 Å². The van der Waals surface area contributed by atoms with Gasteiger partial charge < -0.3 is 15.3 Å². The summed E-state index contributed by atoms with van der Waals surface area (Å²) in [5, 5.41) is 13.4. The van der Waals surface area contributed by atoms with Gasteiger partial charge in [-0.1, -0.05) is 18.2 Å². The molecule has 0 saturated heterocycles. The minimum atomic E-state index is -1.67. The van der Waals surface area contributed by atoms with Crippen molar-refractivity contribution in [1.29, 1.82) is 0 Å². The fourth-order valence-corrected chi connectivity index (χ4v) is 3.28. The molecule has 1 aromatic carbocycles. The average molecular weight is 353 g/mol. The van der Waals surface area contributed by atoms with E-state index in [4.69, 9.17) is 0 Å². The summed E-state index contributed by atoms with van der Waals surface area (Å²) in [6.45, 7) is 5.87. The van der Waals surface area contributed by atoms with Gasteiger partial charge in [0, 0.05) is 30.0 Å². The molecule has 26 heavy (non-hydrogen) atoms. The van der Waals surface area contributed by atoms with Crippen LogP contribution >= 0.6 is 0 Å². The van der Waals surface area contributed by atoms with Gasteiger partial charge in [-0.15, -0.1) is 0 Å². The Kier molecular flexibility index (Phi) is 4.78. The Morgan fingerprint density at radius 2 is 1.92 bits per heavy atom. The molecule has 3 rings (SSSR count). The second-order valence-corrected chi connectivity index (χ2v) is 7.03. The van der Waals surface area contributed by atoms with Gasteiger partial charge in [0.25, 0.3) is 11.8 Å². The molecule has 0 fully saturated rings. The largest absolute Gasteiger partial charge is 0.378 e. The summed E-state index contributed by atoms with van der Waals surface area (Å²) in [7, 11) is 0. The van der Waals surface area contributed by atoms with Crippen LogP contribution in [0.25, 0.3) is 0 Å². The molecule has 1 unspecified atom stereocenters. The SMILES string of the molecule is Cc1cc(CNC(=O)C(C)(O)CN2Cc3ccccc3C2=O)cc(C)n1. The van der Waals surface area contributed by atoms with E-state index in [-0.39, 0.29) is 12.5 Å². The van der Waals surface area contributed by atoms with Crippen LogP contribution in [0.5, 0.6) is 0 Å². The third-order valence-electron chi connectivity index (χ3n) is 4.48. The van der Waals surface area contributed by atoms with Gasteiger partial charge in [-0.05, 0) is 50.1 Å². The number of pyridine rings is 1. The minimum Gasteiger partial charge on any atom is -0.378 e. The van der Waals surface area contributed by atoms with Crippen molar-refractivity contribution in [2.24, 2.45) is 0 Å². The number of aliphatic hydroxyl groups is 1. The highest BCUT2D eigenvalue weighted by atomic mass is 16.3. The molecule has 0 radical (unpaired) electrons. The van der Waals surface area contributed by atoms with E-state index < -0.39 is 11.5 Å². The van der Waals surface area contributed by atoms with Crippen molar-refractivity contribution in [3.8, 4) is 0 Å². The van der Waals surface area contributed by atoms with E-state index in [9.17, 15) is 14.7 Å². The molecular weight excluding hydrogens is 330 g/mol. The van der Waals surface area contributed by atoms with Gasteiger partial charge in [0.15, 0.2) is 5.60 Å². The number of carbonyl (C=O) groups excluding carboxylic acids is 2. The Balaban J connectivity index is 1.63. The van der Waals surface area contributed by atoms with Gasteiger partial charge >= 0.3 is 0 Å². The van der Waals surface area contributed by atoms with Gasteiger partial charge in [-0.2, -0.15) is 0 Å². The van der Waals surface area contributed by atoms with Crippen molar-refractivity contribution < 1.29 is 14.7 Å². The highest BCUT2D eigenvalue weighted by molar-refractivity contribution is 5.98. The number of hydrogen-bond acceptors (Lipinski definition) is 4. The summed E-state index contributed by atoms with van der Waals surface area (Å²) in [5.41, 5.74) is 2.55. The highest BCUT2D eigenvalue weighted by Gasteiger charge is 2.37. The first kappa shape index (κ1) is 18.1. The topological polar surface area (TPSA) is 82.5 Å². The third kappa shape index (κ3) is 3.75. The van der Waals surface area contributed by atoms with Gasteiger partial charge in [0.05, 0.1) is 6.54 Å². The van der Waals surface area contributed by atoms with Crippen LogP contribution in [-0.4, -0.2) is 39.0 Å². The molecule has 0 spiro atoms. The maximum Gasteiger partial charge on any atom is 0.254 e. The molecule has 0 bridgehead atoms. The average Bonchev–Trinajstić information content (AvgIpc) is 2.87. The lowest BCUT2D eigenvalue weighted by Crippen LogP contribution is -2.51. The predicted molar refractivity (Wildman–Crippen MR) is 97.4 cm³/mol. The Bertz CT molecular complexity index is 841. The fourth-order valence-electron chi connectivity index (χ4n) is 3.28. The zero-order valence-electron chi connectivity index (χ0n) is 15.2. The third-order valence-corrected chi connectivity index (χ3v) is 4.48. The Labute approximate surface area is 152 Å². The number of amides is 2. The van der Waals surface area contributed by atoms with Crippen LogP contribution in [0.4, 0.5) is 0 Å². The van der Waals surface area contributed by atoms with Crippen molar-refractivity contribution in [2.45, 2.75) is 39.5 Å². The van der Waals surface area contributed by atoms with Crippen LogP contribution in [0.2, 0.25) is 0 Å². The molecule has 1 aliphatic heterocycles. The zero-order valence-corrected chi connectivity index (χ0v) is 15.2. The van der Waals surface area contributed by atoms with E-state index in [2.05, 4.69) is 10.3 Å². The predicted octanol–water partition coefficient (Wildman–Crippen LogP) is 1.72. The van der Waals surface area contributed by atoms with E-state index in [0.717, 1.165) is 22.5 Å². The lowest BCUT2D eigenvalue weighted by Gasteiger charge is -2.27. The molecule has 6 nitrogen and oxygen atoms in total. The van der Waals surface area contributed by atoms with Gasteiger partial charge in [-0.25, -0.2) is 0 Å². The van der Waals surface area contributed by atoms with Gasteiger partial charge in [0.1, 0.15) is 0 Å². The first-order valence-corrected chi connectivity index (χ1v) is 8.58. The van der Waals surface area contributed by atoms with Crippen molar-refractivity contribution >= 4 is 11.8 Å². The van der Waals surface area contributed by atoms with Crippen LogP contribution in [-0.2, 0) is 17.9 Å². The lowest BCUT2D eigenvalue weighted by atomic mass is 10.1.